The highest BCUT2D eigenvalue weighted by atomic mass is 19.1. The standard InChI is InChI=1S/C19H26FN5O/c1-15(2)23-19(22-9-7-16-5-4-14-26-16)25-12-10-24(11-13-25)18-17(20)6-3-8-21-18/h3-6,8,14-15H,7,9-13H2,1-2H3,(H,22,23). The van der Waals surface area contributed by atoms with Crippen molar-refractivity contribution >= 4 is 11.8 Å². The number of rotatable bonds is 5. The van der Waals surface area contributed by atoms with Crippen molar-refractivity contribution < 1.29 is 8.81 Å². The predicted molar refractivity (Wildman–Crippen MR) is 101 cm³/mol. The lowest BCUT2D eigenvalue weighted by atomic mass is 10.3. The minimum atomic E-state index is -0.270. The second-order valence-electron chi connectivity index (χ2n) is 6.62. The van der Waals surface area contributed by atoms with Crippen LogP contribution in [0.5, 0.6) is 0 Å². The SMILES string of the molecule is CC(C)NC(=NCCc1ccco1)N1CCN(c2ncccc2F)CC1. The van der Waals surface area contributed by atoms with Crippen LogP contribution in [0, 0.1) is 5.82 Å². The Balaban J connectivity index is 1.60. The molecule has 0 radical (unpaired) electrons. The first-order chi connectivity index (χ1) is 12.6. The number of hydrogen-bond acceptors (Lipinski definition) is 4. The summed E-state index contributed by atoms with van der Waals surface area (Å²) in [5, 5.41) is 3.43. The number of hydrogen-bond donors (Lipinski definition) is 1. The maximum absolute atomic E-state index is 13.9. The fourth-order valence-corrected chi connectivity index (χ4v) is 2.96. The molecular formula is C19H26FN5O. The molecule has 3 rings (SSSR count). The summed E-state index contributed by atoms with van der Waals surface area (Å²) in [7, 11) is 0. The van der Waals surface area contributed by atoms with Gasteiger partial charge in [-0.25, -0.2) is 9.37 Å². The molecule has 1 fully saturated rings. The van der Waals surface area contributed by atoms with Gasteiger partial charge in [0.1, 0.15) is 5.76 Å². The van der Waals surface area contributed by atoms with Crippen LogP contribution in [0.1, 0.15) is 19.6 Å². The molecular weight excluding hydrogens is 333 g/mol. The average molecular weight is 359 g/mol. The third-order valence-corrected chi connectivity index (χ3v) is 4.24. The molecule has 0 spiro atoms. The maximum atomic E-state index is 13.9. The summed E-state index contributed by atoms with van der Waals surface area (Å²) in [5.41, 5.74) is 0. The molecule has 0 atom stereocenters. The molecule has 1 aliphatic heterocycles. The Bertz CT molecular complexity index is 708. The second-order valence-corrected chi connectivity index (χ2v) is 6.62. The monoisotopic (exact) mass is 359 g/mol. The van der Waals surface area contributed by atoms with E-state index in [-0.39, 0.29) is 5.82 Å². The van der Waals surface area contributed by atoms with Crippen LogP contribution in [-0.4, -0.2) is 54.6 Å². The van der Waals surface area contributed by atoms with Crippen LogP contribution in [0.2, 0.25) is 0 Å². The van der Waals surface area contributed by atoms with E-state index >= 15 is 0 Å². The molecule has 0 aromatic carbocycles. The van der Waals surface area contributed by atoms with Crippen LogP contribution >= 0.6 is 0 Å². The third kappa shape index (κ3) is 4.74. The summed E-state index contributed by atoms with van der Waals surface area (Å²) < 4.78 is 19.3. The molecule has 26 heavy (non-hydrogen) atoms. The van der Waals surface area contributed by atoms with E-state index in [1.54, 1.807) is 18.5 Å². The molecule has 3 heterocycles. The topological polar surface area (TPSA) is 56.9 Å². The van der Waals surface area contributed by atoms with E-state index in [0.717, 1.165) is 31.2 Å². The fourth-order valence-electron chi connectivity index (χ4n) is 2.96. The van der Waals surface area contributed by atoms with Gasteiger partial charge in [0.2, 0.25) is 0 Å². The summed E-state index contributed by atoms with van der Waals surface area (Å²) in [6, 6.07) is 7.22. The van der Waals surface area contributed by atoms with Crippen LogP contribution in [-0.2, 0) is 6.42 Å². The van der Waals surface area contributed by atoms with E-state index in [4.69, 9.17) is 9.41 Å². The van der Waals surface area contributed by atoms with Crippen LogP contribution in [0.4, 0.5) is 10.2 Å². The van der Waals surface area contributed by atoms with Gasteiger partial charge in [-0.15, -0.1) is 0 Å². The lowest BCUT2D eigenvalue weighted by molar-refractivity contribution is 0.365. The highest BCUT2D eigenvalue weighted by Crippen LogP contribution is 2.17. The lowest BCUT2D eigenvalue weighted by Crippen LogP contribution is -2.54. The Morgan fingerprint density at radius 3 is 2.73 bits per heavy atom. The highest BCUT2D eigenvalue weighted by molar-refractivity contribution is 5.80. The Hall–Kier alpha value is -2.57. The zero-order valence-electron chi connectivity index (χ0n) is 15.4. The molecule has 0 saturated carbocycles. The van der Waals surface area contributed by atoms with Crippen LogP contribution < -0.4 is 10.2 Å². The van der Waals surface area contributed by atoms with Crippen molar-refractivity contribution in [2.24, 2.45) is 4.99 Å². The molecule has 1 saturated heterocycles. The number of aromatic nitrogens is 1. The van der Waals surface area contributed by atoms with Crippen molar-refractivity contribution in [3.63, 3.8) is 0 Å². The van der Waals surface area contributed by atoms with Crippen molar-refractivity contribution in [3.05, 3.63) is 48.3 Å². The van der Waals surface area contributed by atoms with Gasteiger partial charge >= 0.3 is 0 Å². The highest BCUT2D eigenvalue weighted by Gasteiger charge is 2.22. The molecule has 2 aromatic rings. The normalized spacial score (nSPS) is 15.6. The van der Waals surface area contributed by atoms with Gasteiger partial charge < -0.3 is 19.5 Å². The summed E-state index contributed by atoms with van der Waals surface area (Å²) >= 11 is 0. The van der Waals surface area contributed by atoms with Gasteiger partial charge in [-0.1, -0.05) is 0 Å². The van der Waals surface area contributed by atoms with E-state index in [2.05, 4.69) is 29.0 Å². The van der Waals surface area contributed by atoms with E-state index in [9.17, 15) is 4.39 Å². The summed E-state index contributed by atoms with van der Waals surface area (Å²) in [6.07, 6.45) is 4.09. The zero-order chi connectivity index (χ0) is 18.4. The molecule has 2 aromatic heterocycles. The van der Waals surface area contributed by atoms with Crippen LogP contribution in [0.3, 0.4) is 0 Å². The summed E-state index contributed by atoms with van der Waals surface area (Å²) in [4.78, 5) is 13.1. The second kappa shape index (κ2) is 8.69. The van der Waals surface area contributed by atoms with Crippen molar-refractivity contribution in [3.8, 4) is 0 Å². The number of aliphatic imine (C=N–C) groups is 1. The number of nitrogens with zero attached hydrogens (tertiary/aromatic N) is 4. The third-order valence-electron chi connectivity index (χ3n) is 4.24. The van der Waals surface area contributed by atoms with Gasteiger partial charge in [0.05, 0.1) is 6.26 Å². The average Bonchev–Trinajstić information content (AvgIpc) is 3.15. The lowest BCUT2D eigenvalue weighted by Gasteiger charge is -2.37. The van der Waals surface area contributed by atoms with Gasteiger partial charge in [0.25, 0.3) is 0 Å². The van der Waals surface area contributed by atoms with E-state index in [1.807, 2.05) is 17.0 Å². The molecule has 0 aliphatic carbocycles. The van der Waals surface area contributed by atoms with Crippen LogP contribution in [0.15, 0.2) is 46.1 Å². The molecule has 0 unspecified atom stereocenters. The smallest absolute Gasteiger partial charge is 0.194 e. The number of pyridine rings is 1. The first-order valence-electron chi connectivity index (χ1n) is 9.07. The largest absolute Gasteiger partial charge is 0.469 e. The Kier molecular flexibility index (Phi) is 6.09. The number of nitrogens with one attached hydrogen (secondary N) is 1. The number of guanidine groups is 1. The van der Waals surface area contributed by atoms with Gasteiger partial charge in [-0.2, -0.15) is 0 Å². The molecule has 6 nitrogen and oxygen atoms in total. The Morgan fingerprint density at radius 2 is 2.08 bits per heavy atom. The van der Waals surface area contributed by atoms with Crippen molar-refractivity contribution in [2.45, 2.75) is 26.3 Å². The zero-order valence-corrected chi connectivity index (χ0v) is 15.4. The van der Waals surface area contributed by atoms with Gasteiger partial charge in [-0.3, -0.25) is 4.99 Å². The van der Waals surface area contributed by atoms with Gasteiger partial charge in [0.15, 0.2) is 17.6 Å². The minimum Gasteiger partial charge on any atom is -0.469 e. The van der Waals surface area contributed by atoms with Gasteiger partial charge in [-0.05, 0) is 38.1 Å². The molecule has 1 N–H and O–H groups in total. The van der Waals surface area contributed by atoms with E-state index < -0.39 is 0 Å². The maximum Gasteiger partial charge on any atom is 0.194 e. The van der Waals surface area contributed by atoms with Crippen LogP contribution in [0.25, 0.3) is 0 Å². The first-order valence-corrected chi connectivity index (χ1v) is 9.07. The summed E-state index contributed by atoms with van der Waals surface area (Å²) in [5.74, 6) is 2.00. The predicted octanol–water partition coefficient (Wildman–Crippen LogP) is 2.53. The minimum absolute atomic E-state index is 0.270. The molecule has 0 amide bonds. The fraction of sp³-hybridized carbons (Fsp3) is 0.474. The molecule has 140 valence electrons. The first kappa shape index (κ1) is 18.2. The van der Waals surface area contributed by atoms with Crippen molar-refractivity contribution in [1.82, 2.24) is 15.2 Å². The summed E-state index contributed by atoms with van der Waals surface area (Å²) in [6.45, 7) is 7.83. The number of furan rings is 1. The van der Waals surface area contributed by atoms with Crippen molar-refractivity contribution in [2.75, 3.05) is 37.6 Å². The van der Waals surface area contributed by atoms with Crippen molar-refractivity contribution in [1.29, 1.82) is 0 Å². The number of halogens is 1. The van der Waals surface area contributed by atoms with Gasteiger partial charge in [0, 0.05) is 51.4 Å². The number of anilines is 1. The quantitative estimate of drug-likeness (QED) is 0.657. The van der Waals surface area contributed by atoms with E-state index in [1.165, 1.54) is 6.07 Å². The Morgan fingerprint density at radius 1 is 1.27 bits per heavy atom. The molecule has 0 bridgehead atoms. The molecule has 7 heteroatoms. The Labute approximate surface area is 153 Å². The molecule has 1 aliphatic rings. The van der Waals surface area contributed by atoms with E-state index in [0.29, 0.717) is 31.5 Å². The number of piperazine rings is 1.